The Morgan fingerprint density at radius 3 is 2.47 bits per heavy atom. The van der Waals surface area contributed by atoms with Gasteiger partial charge >= 0.3 is 0 Å². The van der Waals surface area contributed by atoms with Gasteiger partial charge in [0.1, 0.15) is 0 Å². The van der Waals surface area contributed by atoms with Crippen molar-refractivity contribution in [1.29, 1.82) is 0 Å². The molecule has 0 N–H and O–H groups in total. The molecule has 0 atom stereocenters. The summed E-state index contributed by atoms with van der Waals surface area (Å²) in [5.41, 5.74) is 1.88. The molecule has 0 bridgehead atoms. The van der Waals surface area contributed by atoms with Gasteiger partial charge in [-0.2, -0.15) is 0 Å². The van der Waals surface area contributed by atoms with Crippen LogP contribution in [0, 0.1) is 5.82 Å². The quantitative estimate of drug-likeness (QED) is 0.644. The van der Waals surface area contributed by atoms with Gasteiger partial charge in [-0.1, -0.05) is 48.5 Å². The molecule has 19 heavy (non-hydrogen) atoms. The second-order valence-electron chi connectivity index (χ2n) is 4.38. The van der Waals surface area contributed by atoms with Crippen LogP contribution in [0.3, 0.4) is 0 Å². The summed E-state index contributed by atoms with van der Waals surface area (Å²) in [7, 11) is 1.47. The molecule has 0 heterocycles. The van der Waals surface area contributed by atoms with Gasteiger partial charge < -0.3 is 4.74 Å². The van der Waals surface area contributed by atoms with E-state index in [0.717, 1.165) is 21.9 Å². The molecule has 0 saturated carbocycles. The first-order valence-electron chi connectivity index (χ1n) is 6.11. The molecule has 0 amide bonds. The van der Waals surface area contributed by atoms with Crippen LogP contribution in [-0.2, 0) is 0 Å². The molecule has 2 heteroatoms. The van der Waals surface area contributed by atoms with E-state index < -0.39 is 0 Å². The van der Waals surface area contributed by atoms with Gasteiger partial charge in [0, 0.05) is 0 Å². The summed E-state index contributed by atoms with van der Waals surface area (Å²) < 4.78 is 18.8. The predicted octanol–water partition coefficient (Wildman–Crippen LogP) is 4.65. The van der Waals surface area contributed by atoms with Crippen molar-refractivity contribution in [3.05, 3.63) is 66.5 Å². The average Bonchev–Trinajstić information content (AvgIpc) is 2.46. The van der Waals surface area contributed by atoms with Gasteiger partial charge in [-0.15, -0.1) is 0 Å². The Kier molecular flexibility index (Phi) is 2.92. The highest BCUT2D eigenvalue weighted by atomic mass is 19.1. The number of methoxy groups -OCH3 is 1. The highest BCUT2D eigenvalue weighted by molar-refractivity contribution is 5.96. The van der Waals surface area contributed by atoms with Crippen molar-refractivity contribution in [3.8, 4) is 16.9 Å². The topological polar surface area (TPSA) is 9.23 Å². The fourth-order valence-corrected chi connectivity index (χ4v) is 2.31. The summed E-state index contributed by atoms with van der Waals surface area (Å²) in [6, 6.07) is 19.2. The van der Waals surface area contributed by atoms with E-state index in [9.17, 15) is 4.39 Å². The molecule has 3 rings (SSSR count). The Bertz CT molecular complexity index is 729. The van der Waals surface area contributed by atoms with E-state index in [1.54, 1.807) is 6.07 Å². The Labute approximate surface area is 111 Å². The molecule has 0 aliphatic heterocycles. The molecule has 0 fully saturated rings. The van der Waals surface area contributed by atoms with E-state index in [2.05, 4.69) is 12.1 Å². The minimum Gasteiger partial charge on any atom is -0.494 e. The molecule has 0 aliphatic carbocycles. The molecule has 0 aromatic heterocycles. The van der Waals surface area contributed by atoms with Crippen LogP contribution in [0.1, 0.15) is 0 Å². The smallest absolute Gasteiger partial charge is 0.165 e. The lowest BCUT2D eigenvalue weighted by Crippen LogP contribution is -1.89. The fraction of sp³-hybridized carbons (Fsp3) is 0.0588. The monoisotopic (exact) mass is 252 g/mol. The van der Waals surface area contributed by atoms with E-state index in [1.165, 1.54) is 13.2 Å². The molecule has 0 saturated heterocycles. The lowest BCUT2D eigenvalue weighted by atomic mass is 9.98. The second kappa shape index (κ2) is 4.73. The first-order valence-corrected chi connectivity index (χ1v) is 6.11. The Hall–Kier alpha value is -2.35. The first kappa shape index (κ1) is 11.7. The van der Waals surface area contributed by atoms with E-state index >= 15 is 0 Å². The van der Waals surface area contributed by atoms with Crippen LogP contribution in [-0.4, -0.2) is 7.11 Å². The minimum absolute atomic E-state index is 0.268. The van der Waals surface area contributed by atoms with Crippen molar-refractivity contribution < 1.29 is 9.13 Å². The normalized spacial score (nSPS) is 10.6. The fourth-order valence-electron chi connectivity index (χ4n) is 2.31. The maximum atomic E-state index is 13.8. The number of hydrogen-bond acceptors (Lipinski definition) is 1. The van der Waals surface area contributed by atoms with Crippen molar-refractivity contribution in [2.45, 2.75) is 0 Å². The van der Waals surface area contributed by atoms with Gasteiger partial charge in [-0.3, -0.25) is 0 Å². The summed E-state index contributed by atoms with van der Waals surface area (Å²) in [5.74, 6) is -0.0723. The molecular weight excluding hydrogens is 239 g/mol. The summed E-state index contributed by atoms with van der Waals surface area (Å²) in [5, 5.41) is 2.27. The average molecular weight is 252 g/mol. The number of rotatable bonds is 2. The molecular formula is C17H13FO. The molecule has 0 unspecified atom stereocenters. The van der Waals surface area contributed by atoms with Crippen LogP contribution in [0.25, 0.3) is 21.9 Å². The summed E-state index contributed by atoms with van der Waals surface area (Å²) in [6.45, 7) is 0. The van der Waals surface area contributed by atoms with E-state index in [1.807, 2.05) is 36.4 Å². The maximum absolute atomic E-state index is 13.8. The lowest BCUT2D eigenvalue weighted by Gasteiger charge is -2.08. The van der Waals surface area contributed by atoms with Crippen LogP contribution < -0.4 is 4.74 Å². The number of hydrogen-bond donors (Lipinski definition) is 0. The van der Waals surface area contributed by atoms with Crippen LogP contribution in [0.4, 0.5) is 4.39 Å². The standard InChI is InChI=1S/C17H13FO/c1-19-17-10-9-13(11-16(17)18)15-8-4-6-12-5-2-3-7-14(12)15/h2-11H,1H3. The van der Waals surface area contributed by atoms with E-state index in [4.69, 9.17) is 4.74 Å². The van der Waals surface area contributed by atoms with Gasteiger partial charge in [-0.25, -0.2) is 4.39 Å². The number of fused-ring (bicyclic) bond motifs is 1. The van der Waals surface area contributed by atoms with Crippen LogP contribution in [0.15, 0.2) is 60.7 Å². The van der Waals surface area contributed by atoms with Crippen molar-refractivity contribution in [2.24, 2.45) is 0 Å². The van der Waals surface area contributed by atoms with Crippen molar-refractivity contribution >= 4 is 10.8 Å². The molecule has 3 aromatic rings. The molecule has 94 valence electrons. The lowest BCUT2D eigenvalue weighted by molar-refractivity contribution is 0.386. The van der Waals surface area contributed by atoms with Crippen molar-refractivity contribution in [2.75, 3.05) is 7.11 Å². The Morgan fingerprint density at radius 2 is 1.68 bits per heavy atom. The number of halogens is 1. The van der Waals surface area contributed by atoms with Gasteiger partial charge in [0.15, 0.2) is 11.6 Å². The van der Waals surface area contributed by atoms with Crippen LogP contribution in [0.2, 0.25) is 0 Å². The van der Waals surface area contributed by atoms with Gasteiger partial charge in [0.2, 0.25) is 0 Å². The van der Waals surface area contributed by atoms with Crippen molar-refractivity contribution in [1.82, 2.24) is 0 Å². The zero-order chi connectivity index (χ0) is 13.2. The van der Waals surface area contributed by atoms with Gasteiger partial charge in [-0.05, 0) is 34.0 Å². The number of benzene rings is 3. The zero-order valence-corrected chi connectivity index (χ0v) is 10.6. The van der Waals surface area contributed by atoms with Crippen molar-refractivity contribution in [3.63, 3.8) is 0 Å². The summed E-state index contributed by atoms with van der Waals surface area (Å²) in [4.78, 5) is 0. The molecule has 0 aliphatic rings. The molecule has 0 spiro atoms. The number of ether oxygens (including phenoxy) is 1. The summed E-state index contributed by atoms with van der Waals surface area (Å²) in [6.07, 6.45) is 0. The maximum Gasteiger partial charge on any atom is 0.165 e. The van der Waals surface area contributed by atoms with Crippen LogP contribution >= 0.6 is 0 Å². The summed E-state index contributed by atoms with van der Waals surface area (Å²) >= 11 is 0. The van der Waals surface area contributed by atoms with Crippen LogP contribution in [0.5, 0.6) is 5.75 Å². The SMILES string of the molecule is COc1ccc(-c2cccc3ccccc23)cc1F. The Morgan fingerprint density at radius 1 is 0.895 bits per heavy atom. The zero-order valence-electron chi connectivity index (χ0n) is 10.6. The molecule has 3 aromatic carbocycles. The third-order valence-electron chi connectivity index (χ3n) is 3.25. The van der Waals surface area contributed by atoms with Gasteiger partial charge in [0.05, 0.1) is 7.11 Å². The van der Waals surface area contributed by atoms with Gasteiger partial charge in [0.25, 0.3) is 0 Å². The highest BCUT2D eigenvalue weighted by Crippen LogP contribution is 2.31. The second-order valence-corrected chi connectivity index (χ2v) is 4.38. The molecule has 0 radical (unpaired) electrons. The van der Waals surface area contributed by atoms with E-state index in [-0.39, 0.29) is 11.6 Å². The molecule has 1 nitrogen and oxygen atoms in total. The Balaban J connectivity index is 2.22. The first-order chi connectivity index (χ1) is 9.29. The minimum atomic E-state index is -0.340. The largest absolute Gasteiger partial charge is 0.494 e. The predicted molar refractivity (Wildman–Crippen MR) is 75.9 cm³/mol. The van der Waals surface area contributed by atoms with E-state index in [0.29, 0.717) is 0 Å². The highest BCUT2D eigenvalue weighted by Gasteiger charge is 2.07. The third-order valence-corrected chi connectivity index (χ3v) is 3.25. The third kappa shape index (κ3) is 2.06.